The maximum atomic E-state index is 12.3. The van der Waals surface area contributed by atoms with Crippen LogP contribution in [0.4, 0.5) is 11.4 Å². The van der Waals surface area contributed by atoms with Gasteiger partial charge in [-0.3, -0.25) is 9.59 Å². The van der Waals surface area contributed by atoms with Crippen molar-refractivity contribution in [2.24, 2.45) is 0 Å². The molecule has 1 N–H and O–H groups in total. The van der Waals surface area contributed by atoms with Gasteiger partial charge in [-0.25, -0.2) is 4.98 Å². The lowest BCUT2D eigenvalue weighted by molar-refractivity contribution is 0.101. The van der Waals surface area contributed by atoms with Gasteiger partial charge in [-0.05, 0) is 56.2 Å². The fourth-order valence-electron chi connectivity index (χ4n) is 3.02. The average molecular weight is 337 g/mol. The van der Waals surface area contributed by atoms with Crippen LogP contribution in [0.15, 0.2) is 42.6 Å². The third-order valence-corrected chi connectivity index (χ3v) is 4.50. The predicted octanol–water partition coefficient (Wildman–Crippen LogP) is 3.92. The molecule has 5 heteroatoms. The summed E-state index contributed by atoms with van der Waals surface area (Å²) in [6.45, 7) is 3.62. The highest BCUT2D eigenvalue weighted by Crippen LogP contribution is 2.19. The second-order valence-corrected chi connectivity index (χ2v) is 6.39. The van der Waals surface area contributed by atoms with Crippen LogP contribution in [-0.4, -0.2) is 29.8 Å². The minimum atomic E-state index is -0.252. The number of aromatic nitrogens is 1. The normalized spacial score (nSPS) is 14.7. The van der Waals surface area contributed by atoms with E-state index in [0.29, 0.717) is 16.9 Å². The lowest BCUT2D eigenvalue weighted by Gasteiger charge is -2.22. The number of benzene rings is 1. The van der Waals surface area contributed by atoms with Crippen molar-refractivity contribution in [2.45, 2.75) is 32.6 Å². The SMILES string of the molecule is CC(=O)c1ccc(NC(=O)c2ccc(N3CCCCCC3)cn2)cc1. The first-order valence-corrected chi connectivity index (χ1v) is 8.77. The molecule has 1 amide bonds. The third-order valence-electron chi connectivity index (χ3n) is 4.50. The van der Waals surface area contributed by atoms with Crippen LogP contribution in [0.25, 0.3) is 0 Å². The van der Waals surface area contributed by atoms with Crippen LogP contribution in [0.2, 0.25) is 0 Å². The van der Waals surface area contributed by atoms with Crippen molar-refractivity contribution in [3.8, 4) is 0 Å². The lowest BCUT2D eigenvalue weighted by atomic mass is 10.1. The Bertz CT molecular complexity index is 731. The Hall–Kier alpha value is -2.69. The molecule has 0 bridgehead atoms. The molecule has 1 aromatic heterocycles. The van der Waals surface area contributed by atoms with Gasteiger partial charge in [-0.15, -0.1) is 0 Å². The molecule has 2 heterocycles. The Labute approximate surface area is 148 Å². The van der Waals surface area contributed by atoms with Crippen molar-refractivity contribution in [1.29, 1.82) is 0 Å². The van der Waals surface area contributed by atoms with Gasteiger partial charge in [0, 0.05) is 24.3 Å². The summed E-state index contributed by atoms with van der Waals surface area (Å²) < 4.78 is 0. The minimum absolute atomic E-state index is 0.00337. The standard InChI is InChI=1S/C20H23N3O2/c1-15(24)16-6-8-17(9-7-16)22-20(25)19-11-10-18(14-21-19)23-12-4-2-3-5-13-23/h6-11,14H,2-5,12-13H2,1H3,(H,22,25). The highest BCUT2D eigenvalue weighted by atomic mass is 16.2. The van der Waals surface area contributed by atoms with Gasteiger partial charge in [0.25, 0.3) is 5.91 Å². The molecule has 0 saturated carbocycles. The highest BCUT2D eigenvalue weighted by molar-refractivity contribution is 6.03. The zero-order chi connectivity index (χ0) is 17.6. The van der Waals surface area contributed by atoms with Crippen molar-refractivity contribution in [3.05, 3.63) is 53.9 Å². The summed E-state index contributed by atoms with van der Waals surface area (Å²) in [5.74, 6) is -0.248. The van der Waals surface area contributed by atoms with Crippen LogP contribution in [-0.2, 0) is 0 Å². The topological polar surface area (TPSA) is 62.3 Å². The summed E-state index contributed by atoms with van der Waals surface area (Å²) in [6, 6.07) is 10.6. The summed E-state index contributed by atoms with van der Waals surface area (Å²) in [4.78, 5) is 30.3. The van der Waals surface area contributed by atoms with Crippen LogP contribution in [0.5, 0.6) is 0 Å². The molecule has 1 saturated heterocycles. The first-order chi connectivity index (χ1) is 12.1. The van der Waals surface area contributed by atoms with Crippen LogP contribution in [0, 0.1) is 0 Å². The Balaban J connectivity index is 1.64. The zero-order valence-electron chi connectivity index (χ0n) is 14.5. The van der Waals surface area contributed by atoms with Gasteiger partial charge in [0.15, 0.2) is 5.78 Å². The van der Waals surface area contributed by atoms with Crippen molar-refractivity contribution in [3.63, 3.8) is 0 Å². The number of rotatable bonds is 4. The van der Waals surface area contributed by atoms with Gasteiger partial charge in [0.05, 0.1) is 11.9 Å². The van der Waals surface area contributed by atoms with E-state index in [9.17, 15) is 9.59 Å². The second-order valence-electron chi connectivity index (χ2n) is 6.39. The second kappa shape index (κ2) is 7.92. The number of anilines is 2. The molecular weight excluding hydrogens is 314 g/mol. The van der Waals surface area contributed by atoms with E-state index >= 15 is 0 Å². The van der Waals surface area contributed by atoms with Crippen LogP contribution in [0.3, 0.4) is 0 Å². The summed E-state index contributed by atoms with van der Waals surface area (Å²) in [5.41, 5.74) is 2.73. The van der Waals surface area contributed by atoms with Gasteiger partial charge in [-0.1, -0.05) is 12.8 Å². The Kier molecular flexibility index (Phi) is 5.43. The van der Waals surface area contributed by atoms with Crippen molar-refractivity contribution in [1.82, 2.24) is 4.98 Å². The molecule has 5 nitrogen and oxygen atoms in total. The van der Waals surface area contributed by atoms with E-state index in [2.05, 4.69) is 15.2 Å². The Morgan fingerprint density at radius 1 is 0.960 bits per heavy atom. The number of carbonyl (C=O) groups excluding carboxylic acids is 2. The van der Waals surface area contributed by atoms with Gasteiger partial charge in [0.2, 0.25) is 0 Å². The van der Waals surface area contributed by atoms with E-state index in [1.54, 1.807) is 36.5 Å². The summed E-state index contributed by atoms with van der Waals surface area (Å²) in [6.07, 6.45) is 6.76. The first-order valence-electron chi connectivity index (χ1n) is 8.77. The van der Waals surface area contributed by atoms with E-state index in [1.807, 2.05) is 6.07 Å². The van der Waals surface area contributed by atoms with Crippen LogP contribution in [0.1, 0.15) is 53.5 Å². The minimum Gasteiger partial charge on any atom is -0.370 e. The molecule has 130 valence electrons. The van der Waals surface area contributed by atoms with Crippen molar-refractivity contribution >= 4 is 23.1 Å². The van der Waals surface area contributed by atoms with Crippen LogP contribution < -0.4 is 10.2 Å². The quantitative estimate of drug-likeness (QED) is 0.859. The molecule has 1 aromatic carbocycles. The third kappa shape index (κ3) is 4.44. The molecule has 0 unspecified atom stereocenters. The molecular formula is C20H23N3O2. The number of pyridine rings is 1. The number of ketones is 1. The molecule has 1 aliphatic heterocycles. The fraction of sp³-hybridized carbons (Fsp3) is 0.350. The molecule has 1 aliphatic rings. The van der Waals surface area contributed by atoms with Crippen LogP contribution >= 0.6 is 0 Å². The summed E-state index contributed by atoms with van der Waals surface area (Å²) >= 11 is 0. The Morgan fingerprint density at radius 3 is 2.20 bits per heavy atom. The molecule has 3 rings (SSSR count). The Morgan fingerprint density at radius 2 is 1.64 bits per heavy atom. The smallest absolute Gasteiger partial charge is 0.274 e. The fourth-order valence-corrected chi connectivity index (χ4v) is 3.02. The van der Waals surface area contributed by atoms with Crippen molar-refractivity contribution < 1.29 is 9.59 Å². The lowest BCUT2D eigenvalue weighted by Crippen LogP contribution is -2.24. The maximum absolute atomic E-state index is 12.3. The predicted molar refractivity (Wildman–Crippen MR) is 99.3 cm³/mol. The average Bonchev–Trinajstić information content (AvgIpc) is 2.92. The zero-order valence-corrected chi connectivity index (χ0v) is 14.5. The van der Waals surface area contributed by atoms with E-state index in [1.165, 1.54) is 32.6 Å². The largest absolute Gasteiger partial charge is 0.370 e. The number of nitrogens with zero attached hydrogens (tertiary/aromatic N) is 2. The summed E-state index contributed by atoms with van der Waals surface area (Å²) in [5, 5.41) is 2.81. The number of Topliss-reactive ketones (excluding diaryl/α,β-unsaturated/α-hetero) is 1. The number of hydrogen-bond acceptors (Lipinski definition) is 4. The molecule has 0 atom stereocenters. The van der Waals surface area contributed by atoms with Gasteiger partial charge >= 0.3 is 0 Å². The molecule has 2 aromatic rings. The molecule has 25 heavy (non-hydrogen) atoms. The highest BCUT2D eigenvalue weighted by Gasteiger charge is 2.12. The van der Waals surface area contributed by atoms with E-state index < -0.39 is 0 Å². The van der Waals surface area contributed by atoms with Gasteiger partial charge in [0.1, 0.15) is 5.69 Å². The van der Waals surface area contributed by atoms with E-state index in [-0.39, 0.29) is 11.7 Å². The molecule has 0 aliphatic carbocycles. The molecule has 0 spiro atoms. The number of carbonyl (C=O) groups is 2. The van der Waals surface area contributed by atoms with Crippen molar-refractivity contribution in [2.75, 3.05) is 23.3 Å². The first kappa shape index (κ1) is 17.1. The summed E-state index contributed by atoms with van der Waals surface area (Å²) in [7, 11) is 0. The van der Waals surface area contributed by atoms with E-state index in [0.717, 1.165) is 18.8 Å². The van der Waals surface area contributed by atoms with Gasteiger partial charge < -0.3 is 10.2 Å². The van der Waals surface area contributed by atoms with E-state index in [4.69, 9.17) is 0 Å². The maximum Gasteiger partial charge on any atom is 0.274 e. The molecule has 1 fully saturated rings. The number of amides is 1. The monoisotopic (exact) mass is 337 g/mol. The number of hydrogen-bond donors (Lipinski definition) is 1. The number of nitrogens with one attached hydrogen (secondary N) is 1. The van der Waals surface area contributed by atoms with Gasteiger partial charge in [-0.2, -0.15) is 0 Å². The molecule has 0 radical (unpaired) electrons.